The zero-order valence-electron chi connectivity index (χ0n) is 37.0. The van der Waals surface area contributed by atoms with Crippen LogP contribution < -0.4 is 31.9 Å². The quantitative estimate of drug-likeness (QED) is 0.0362. The molecule has 62 heavy (non-hydrogen) atoms. The molecule has 2 fully saturated rings. The molecule has 2 heterocycles. The van der Waals surface area contributed by atoms with E-state index in [1.165, 1.54) is 26.0 Å². The number of benzene rings is 2. The van der Waals surface area contributed by atoms with Crippen molar-refractivity contribution in [2.45, 2.75) is 86.7 Å². The van der Waals surface area contributed by atoms with E-state index in [2.05, 4.69) is 63.4 Å². The predicted octanol–water partition coefficient (Wildman–Crippen LogP) is 6.26. The van der Waals surface area contributed by atoms with E-state index < -0.39 is 29.6 Å². The zero-order chi connectivity index (χ0) is 46.1. The molecule has 0 bridgehead atoms. The molecule has 0 radical (unpaired) electrons. The first-order valence-corrected chi connectivity index (χ1v) is 24.5. The summed E-state index contributed by atoms with van der Waals surface area (Å²) in [6, 6.07) is 13.7. The number of nitrogens with one attached hydrogen (secondary N) is 6. The van der Waals surface area contributed by atoms with Gasteiger partial charge in [-0.15, -0.1) is 5.73 Å². The van der Waals surface area contributed by atoms with Gasteiger partial charge in [-0.05, 0) is 119 Å². The molecule has 14 nitrogen and oxygen atoms in total. The van der Waals surface area contributed by atoms with Crippen molar-refractivity contribution in [2.75, 3.05) is 75.0 Å². The van der Waals surface area contributed by atoms with Crippen LogP contribution in [0.3, 0.4) is 0 Å². The second-order valence-electron chi connectivity index (χ2n) is 15.4. The summed E-state index contributed by atoms with van der Waals surface area (Å²) in [5.41, 5.74) is 4.43. The molecule has 6 N–H and O–H groups in total. The van der Waals surface area contributed by atoms with Gasteiger partial charge in [0, 0.05) is 71.3 Å². The molecule has 2 aromatic carbocycles. The lowest BCUT2D eigenvalue weighted by Gasteiger charge is -2.20. The van der Waals surface area contributed by atoms with E-state index in [0.29, 0.717) is 41.8 Å². The summed E-state index contributed by atoms with van der Waals surface area (Å²) in [5, 5.41) is 19.4. The van der Waals surface area contributed by atoms with E-state index in [-0.39, 0.29) is 28.4 Å². The molecule has 2 aromatic rings. The lowest BCUT2D eigenvalue weighted by molar-refractivity contribution is -0.143. The van der Waals surface area contributed by atoms with Crippen LogP contribution >= 0.6 is 47.9 Å². The molecule has 0 spiro atoms. The van der Waals surface area contributed by atoms with Crippen LogP contribution in [0.4, 0.5) is 16.2 Å². The van der Waals surface area contributed by atoms with Crippen LogP contribution in [0, 0.1) is 0 Å². The van der Waals surface area contributed by atoms with Crippen molar-refractivity contribution in [3.8, 4) is 0 Å². The Morgan fingerprint density at radius 3 is 1.65 bits per heavy atom. The molecule has 344 valence electrons. The number of rotatable bonds is 19. The number of methoxy groups -OCH3 is 2. The third-order valence-corrected chi connectivity index (χ3v) is 11.8. The minimum Gasteiger partial charge on any atom is -0.467 e. The van der Waals surface area contributed by atoms with Crippen LogP contribution in [0.5, 0.6) is 0 Å². The first-order chi connectivity index (χ1) is 29.5. The fourth-order valence-corrected chi connectivity index (χ4v) is 8.53. The summed E-state index contributed by atoms with van der Waals surface area (Å²) in [6.07, 6.45) is 6.81. The Bertz CT molecular complexity index is 1760. The van der Waals surface area contributed by atoms with Crippen LogP contribution in [-0.2, 0) is 23.8 Å². The Morgan fingerprint density at radius 1 is 0.790 bits per heavy atom. The molecule has 2 aliphatic heterocycles. The monoisotopic (exact) mass is 934 g/mol. The van der Waals surface area contributed by atoms with Gasteiger partial charge in [0.15, 0.2) is 0 Å². The second kappa shape index (κ2) is 29.6. The van der Waals surface area contributed by atoms with Crippen LogP contribution in [-0.4, -0.2) is 134 Å². The lowest BCUT2D eigenvalue weighted by atomic mass is 10.1. The highest BCUT2D eigenvalue weighted by Crippen LogP contribution is 2.26. The SMILES string of the molecule is C=C=C.COC(=O)C(CCSC)NC(=O)c1cccc(NC[C@@H]2C[C@H](S)CN2)c1.COC(=O)C(CCSC)NC(=O)c1cccc(NC[C@@H]2C[C@H](SC(=O)OC(C)(C)C)CN2)c1. The maximum Gasteiger partial charge on any atom is 0.368 e. The molecule has 0 aromatic heterocycles. The fourth-order valence-electron chi connectivity index (χ4n) is 6.15. The number of hydrogen-bond donors (Lipinski definition) is 7. The summed E-state index contributed by atoms with van der Waals surface area (Å²) in [7, 11) is 2.65. The van der Waals surface area contributed by atoms with E-state index in [0.717, 1.165) is 55.4 Å². The highest BCUT2D eigenvalue weighted by atomic mass is 32.2. The molecule has 0 saturated carbocycles. The molecular formula is C44H66N6O8S4. The summed E-state index contributed by atoms with van der Waals surface area (Å²) in [5.74, 6) is 0.0430. The van der Waals surface area contributed by atoms with Crippen LogP contribution in [0.15, 0.2) is 67.4 Å². The minimum absolute atomic E-state index is 0.167. The molecular weight excluding hydrogens is 869 g/mol. The molecule has 2 amide bonds. The number of esters is 2. The summed E-state index contributed by atoms with van der Waals surface area (Å²) < 4.78 is 15.0. The number of carbonyl (C=O) groups is 5. The molecule has 18 heteroatoms. The van der Waals surface area contributed by atoms with Gasteiger partial charge in [-0.25, -0.2) is 14.4 Å². The van der Waals surface area contributed by atoms with Gasteiger partial charge in [0.1, 0.15) is 17.7 Å². The molecule has 2 unspecified atom stereocenters. The van der Waals surface area contributed by atoms with Gasteiger partial charge in [-0.2, -0.15) is 36.2 Å². The molecule has 2 saturated heterocycles. The summed E-state index contributed by atoms with van der Waals surface area (Å²) in [4.78, 5) is 61.1. The van der Waals surface area contributed by atoms with Gasteiger partial charge in [0.25, 0.3) is 11.8 Å². The summed E-state index contributed by atoms with van der Waals surface area (Å²) in [6.45, 7) is 14.9. The normalized spacial score (nSPS) is 18.8. The molecule has 2 aliphatic rings. The molecule has 4 rings (SSSR count). The Balaban J connectivity index is 0.000000411. The zero-order valence-corrected chi connectivity index (χ0v) is 40.4. The highest BCUT2D eigenvalue weighted by Gasteiger charge is 2.29. The Morgan fingerprint density at radius 2 is 1.24 bits per heavy atom. The smallest absolute Gasteiger partial charge is 0.368 e. The van der Waals surface area contributed by atoms with Crippen molar-refractivity contribution < 1.29 is 38.2 Å². The number of amides is 2. The van der Waals surface area contributed by atoms with Crippen LogP contribution in [0.1, 0.15) is 67.2 Å². The van der Waals surface area contributed by atoms with E-state index in [4.69, 9.17) is 14.2 Å². The first kappa shape index (κ1) is 54.4. The van der Waals surface area contributed by atoms with Crippen molar-refractivity contribution in [3.63, 3.8) is 0 Å². The van der Waals surface area contributed by atoms with Gasteiger partial charge >= 0.3 is 17.2 Å². The van der Waals surface area contributed by atoms with Gasteiger partial charge < -0.3 is 46.1 Å². The third-order valence-electron chi connectivity index (χ3n) is 9.19. The van der Waals surface area contributed by atoms with Crippen molar-refractivity contribution in [3.05, 3.63) is 78.5 Å². The Labute approximate surface area is 386 Å². The van der Waals surface area contributed by atoms with E-state index in [1.54, 1.807) is 53.9 Å². The largest absolute Gasteiger partial charge is 0.467 e. The molecule has 0 aliphatic carbocycles. The number of anilines is 2. The highest BCUT2D eigenvalue weighted by molar-refractivity contribution is 8.13. The van der Waals surface area contributed by atoms with E-state index >= 15 is 0 Å². The number of thiol groups is 1. The number of thioether (sulfide) groups is 3. The molecule has 6 atom stereocenters. The average Bonchev–Trinajstić information content (AvgIpc) is 3.89. The summed E-state index contributed by atoms with van der Waals surface area (Å²) >= 11 is 8.94. The van der Waals surface area contributed by atoms with Crippen molar-refractivity contribution in [1.29, 1.82) is 0 Å². The standard InChI is InChI=1S/C23H35N3O5S2.C18H27N3O3S2.C3H4/c1-23(2,3)31-22(29)33-18-12-17(25-14-18)13-24-16-8-6-7-15(11-16)20(27)26-19(9-10-32-5)21(28)30-4;1-24-18(23)16(6-7-26-2)21-17(22)12-4-3-5-13(8-12)19-10-14-9-15(25)11-20-14;1-3-2/h6-8,11,17-19,24-25H,9-10,12-14H2,1-5H3,(H,26,27);3-5,8,14-16,19-20,25H,6-7,9-11H2,1-2H3,(H,21,22);1-2H2/t17-,18-,19?;14-,15-,16?;/m00./s1. The first-order valence-electron chi connectivity index (χ1n) is 20.3. The third kappa shape index (κ3) is 21.5. The van der Waals surface area contributed by atoms with Gasteiger partial charge in [0.05, 0.1) is 14.2 Å². The van der Waals surface area contributed by atoms with E-state index in [1.807, 2.05) is 51.5 Å². The topological polar surface area (TPSA) is 185 Å². The Hall–Kier alpha value is -3.77. The maximum absolute atomic E-state index is 12.7. The van der Waals surface area contributed by atoms with E-state index in [9.17, 15) is 24.0 Å². The fraction of sp³-hybridized carbons (Fsp3) is 0.545. The van der Waals surface area contributed by atoms with Crippen molar-refractivity contribution in [2.24, 2.45) is 0 Å². The van der Waals surface area contributed by atoms with Crippen molar-refractivity contribution >= 4 is 88.3 Å². The Kier molecular flexibility index (Phi) is 25.9. The maximum atomic E-state index is 12.7. The minimum atomic E-state index is -0.673. The van der Waals surface area contributed by atoms with Gasteiger partial charge in [-0.3, -0.25) is 9.59 Å². The van der Waals surface area contributed by atoms with Crippen LogP contribution in [0.2, 0.25) is 0 Å². The predicted molar refractivity (Wildman–Crippen MR) is 260 cm³/mol. The number of ether oxygens (including phenoxy) is 3. The number of carbonyl (C=O) groups excluding carboxylic acids is 5. The average molecular weight is 935 g/mol. The second-order valence-corrected chi connectivity index (χ2v) is 19.3. The van der Waals surface area contributed by atoms with Crippen molar-refractivity contribution in [1.82, 2.24) is 21.3 Å². The lowest BCUT2D eigenvalue weighted by Crippen LogP contribution is -2.42. The van der Waals surface area contributed by atoms with Crippen LogP contribution in [0.25, 0.3) is 0 Å². The van der Waals surface area contributed by atoms with Gasteiger partial charge in [0.2, 0.25) is 0 Å². The van der Waals surface area contributed by atoms with Gasteiger partial charge in [-0.1, -0.05) is 25.3 Å². The number of hydrogen-bond acceptors (Lipinski definition) is 16.